The third-order valence-electron chi connectivity index (χ3n) is 2.75. The molecule has 6 nitrogen and oxygen atoms in total. The smallest absolute Gasteiger partial charge is 0.406 e. The second kappa shape index (κ2) is 9.38. The van der Waals surface area contributed by atoms with Gasteiger partial charge in [0.25, 0.3) is 0 Å². The Hall–Kier alpha value is -2.94. The molecule has 25 heavy (non-hydrogen) atoms. The highest BCUT2D eigenvalue weighted by Crippen LogP contribution is 2.26. The zero-order valence-electron chi connectivity index (χ0n) is 13.8. The summed E-state index contributed by atoms with van der Waals surface area (Å²) in [6, 6.07) is 12.3. The molecule has 0 spiro atoms. The Labute approximate surface area is 143 Å². The van der Waals surface area contributed by atoms with E-state index in [1.807, 2.05) is 13.8 Å². The third kappa shape index (κ3) is 6.60. The number of hydrogen-bond donors (Lipinski definition) is 4. The summed E-state index contributed by atoms with van der Waals surface area (Å²) in [5, 5.41) is 6.72. The molecule has 0 saturated carbocycles. The first kappa shape index (κ1) is 20.1. The van der Waals surface area contributed by atoms with E-state index in [1.165, 1.54) is 24.3 Å². The minimum atomic E-state index is -4.72. The first-order valence-corrected chi connectivity index (χ1v) is 7.40. The number of rotatable bonds is 5. The monoisotopic (exact) mass is 355 g/mol. The molecule has 0 bridgehead atoms. The SMILES string of the molecule is CC.NN/N=C(\N)c1ccccc1Nc1ccc(OC(F)(F)F)cc1. The van der Waals surface area contributed by atoms with Crippen molar-refractivity contribution in [3.8, 4) is 5.75 Å². The molecule has 0 saturated heterocycles. The number of hydrogen-bond acceptors (Lipinski definition) is 5. The number of benzene rings is 2. The van der Waals surface area contributed by atoms with Gasteiger partial charge in [0.1, 0.15) is 5.75 Å². The highest BCUT2D eigenvalue weighted by Gasteiger charge is 2.30. The molecule has 0 aliphatic heterocycles. The van der Waals surface area contributed by atoms with Crippen LogP contribution in [-0.4, -0.2) is 12.2 Å². The molecule has 136 valence electrons. The first-order valence-electron chi connectivity index (χ1n) is 7.40. The summed E-state index contributed by atoms with van der Waals surface area (Å²) in [5.74, 6) is 4.95. The van der Waals surface area contributed by atoms with Gasteiger partial charge in [-0.2, -0.15) is 0 Å². The van der Waals surface area contributed by atoms with Crippen molar-refractivity contribution in [2.45, 2.75) is 20.2 Å². The van der Waals surface area contributed by atoms with Crippen LogP contribution in [0.5, 0.6) is 5.75 Å². The largest absolute Gasteiger partial charge is 0.573 e. The Balaban J connectivity index is 0.00000151. The summed E-state index contributed by atoms with van der Waals surface area (Å²) < 4.78 is 40.2. The summed E-state index contributed by atoms with van der Waals surface area (Å²) in [6.45, 7) is 4.00. The zero-order valence-corrected chi connectivity index (χ0v) is 13.8. The topological polar surface area (TPSA) is 97.7 Å². The van der Waals surface area contributed by atoms with E-state index in [9.17, 15) is 13.2 Å². The van der Waals surface area contributed by atoms with Crippen molar-refractivity contribution >= 4 is 17.2 Å². The van der Waals surface area contributed by atoms with Crippen molar-refractivity contribution in [2.24, 2.45) is 16.7 Å². The normalized spacial score (nSPS) is 11.2. The van der Waals surface area contributed by atoms with E-state index in [4.69, 9.17) is 11.6 Å². The highest BCUT2D eigenvalue weighted by molar-refractivity contribution is 6.02. The van der Waals surface area contributed by atoms with Gasteiger partial charge in [0.2, 0.25) is 0 Å². The van der Waals surface area contributed by atoms with E-state index in [0.717, 1.165) is 0 Å². The van der Waals surface area contributed by atoms with Crippen LogP contribution in [0.1, 0.15) is 19.4 Å². The Bertz CT molecular complexity index is 687. The predicted molar refractivity (Wildman–Crippen MR) is 92.2 cm³/mol. The van der Waals surface area contributed by atoms with E-state index < -0.39 is 6.36 Å². The lowest BCUT2D eigenvalue weighted by atomic mass is 10.1. The number of para-hydroxylation sites is 1. The molecule has 0 aromatic heterocycles. The molecule has 0 unspecified atom stereocenters. The van der Waals surface area contributed by atoms with Gasteiger partial charge in [-0.15, -0.1) is 18.3 Å². The lowest BCUT2D eigenvalue weighted by Gasteiger charge is -2.13. The molecule has 0 amide bonds. The maximum Gasteiger partial charge on any atom is 0.573 e. The number of nitrogens with one attached hydrogen (secondary N) is 2. The molecule has 0 aliphatic rings. The molecule has 9 heteroatoms. The van der Waals surface area contributed by atoms with Crippen molar-refractivity contribution in [3.05, 3.63) is 54.1 Å². The van der Waals surface area contributed by atoms with Crippen LogP contribution in [0.4, 0.5) is 24.5 Å². The average molecular weight is 355 g/mol. The van der Waals surface area contributed by atoms with Crippen LogP contribution in [0.25, 0.3) is 0 Å². The maximum absolute atomic E-state index is 12.1. The van der Waals surface area contributed by atoms with Crippen molar-refractivity contribution in [3.63, 3.8) is 0 Å². The van der Waals surface area contributed by atoms with E-state index in [1.54, 1.807) is 24.3 Å². The first-order chi connectivity index (χ1) is 11.9. The predicted octanol–water partition coefficient (Wildman–Crippen LogP) is 3.44. The summed E-state index contributed by atoms with van der Waals surface area (Å²) in [7, 11) is 0. The van der Waals surface area contributed by atoms with Gasteiger partial charge in [0, 0.05) is 16.9 Å². The Morgan fingerprint density at radius 1 is 1.04 bits per heavy atom. The molecule has 2 aromatic carbocycles. The third-order valence-corrected chi connectivity index (χ3v) is 2.75. The fraction of sp³-hybridized carbons (Fsp3) is 0.188. The molecule has 2 aromatic rings. The van der Waals surface area contributed by atoms with E-state index in [2.05, 4.69) is 20.7 Å². The number of hydrazine groups is 1. The van der Waals surface area contributed by atoms with Crippen molar-refractivity contribution in [1.29, 1.82) is 0 Å². The number of anilines is 2. The van der Waals surface area contributed by atoms with Gasteiger partial charge in [0.05, 0.1) is 0 Å². The standard InChI is InChI=1S/C14H14F3N5O.C2H6/c15-14(16,17)23-10-7-5-9(6-8-10)20-12-4-2-1-3-11(12)13(18)21-22-19;1-2/h1-8,20,22H,19H2,(H2,18,21);1-2H3. The van der Waals surface area contributed by atoms with E-state index in [-0.39, 0.29) is 11.6 Å². The molecule has 0 fully saturated rings. The van der Waals surface area contributed by atoms with Crippen LogP contribution in [0.3, 0.4) is 0 Å². The van der Waals surface area contributed by atoms with Gasteiger partial charge < -0.3 is 15.8 Å². The summed E-state index contributed by atoms with van der Waals surface area (Å²) in [4.78, 5) is 0. The number of hydrazone groups is 1. The van der Waals surface area contributed by atoms with Gasteiger partial charge in [-0.1, -0.05) is 26.0 Å². The molecule has 6 N–H and O–H groups in total. The number of halogens is 3. The minimum Gasteiger partial charge on any atom is -0.406 e. The van der Waals surface area contributed by atoms with Crippen molar-refractivity contribution in [1.82, 2.24) is 5.53 Å². The number of alkyl halides is 3. The summed E-state index contributed by atoms with van der Waals surface area (Å²) >= 11 is 0. The van der Waals surface area contributed by atoms with Crippen LogP contribution >= 0.6 is 0 Å². The van der Waals surface area contributed by atoms with Gasteiger partial charge in [-0.25, -0.2) is 11.4 Å². The fourth-order valence-corrected chi connectivity index (χ4v) is 1.84. The van der Waals surface area contributed by atoms with Crippen LogP contribution in [0.15, 0.2) is 53.6 Å². The Kier molecular flexibility index (Phi) is 7.54. The van der Waals surface area contributed by atoms with Crippen molar-refractivity contribution < 1.29 is 17.9 Å². The lowest BCUT2D eigenvalue weighted by molar-refractivity contribution is -0.274. The van der Waals surface area contributed by atoms with Crippen LogP contribution in [-0.2, 0) is 0 Å². The number of nitrogens with two attached hydrogens (primary N) is 2. The highest BCUT2D eigenvalue weighted by atomic mass is 19.4. The molecule has 0 atom stereocenters. The van der Waals surface area contributed by atoms with Gasteiger partial charge in [-0.3, -0.25) is 0 Å². The lowest BCUT2D eigenvalue weighted by Crippen LogP contribution is -2.23. The van der Waals surface area contributed by atoms with Crippen LogP contribution in [0.2, 0.25) is 0 Å². The van der Waals surface area contributed by atoms with Gasteiger partial charge in [0.15, 0.2) is 5.84 Å². The molecular weight excluding hydrogens is 335 g/mol. The average Bonchev–Trinajstić information content (AvgIpc) is 2.58. The molecule has 0 heterocycles. The number of ether oxygens (including phenoxy) is 1. The zero-order chi connectivity index (χ0) is 18.9. The second-order valence-corrected chi connectivity index (χ2v) is 4.37. The molecule has 0 radical (unpaired) electrons. The summed E-state index contributed by atoms with van der Waals surface area (Å²) in [5.41, 5.74) is 9.63. The quantitative estimate of drug-likeness (QED) is 0.285. The molecular formula is C16H20F3N5O. The fourth-order valence-electron chi connectivity index (χ4n) is 1.84. The van der Waals surface area contributed by atoms with Gasteiger partial charge >= 0.3 is 6.36 Å². The Morgan fingerprint density at radius 3 is 2.20 bits per heavy atom. The van der Waals surface area contributed by atoms with E-state index in [0.29, 0.717) is 16.9 Å². The molecule has 2 rings (SSSR count). The maximum atomic E-state index is 12.1. The Morgan fingerprint density at radius 2 is 1.64 bits per heavy atom. The minimum absolute atomic E-state index is 0.160. The van der Waals surface area contributed by atoms with Crippen molar-refractivity contribution in [2.75, 3.05) is 5.32 Å². The van der Waals surface area contributed by atoms with E-state index >= 15 is 0 Å². The summed E-state index contributed by atoms with van der Waals surface area (Å²) in [6.07, 6.45) is -4.72. The second-order valence-electron chi connectivity index (χ2n) is 4.37. The van der Waals surface area contributed by atoms with Crippen LogP contribution in [0, 0.1) is 0 Å². The molecule has 0 aliphatic carbocycles. The number of amidine groups is 1. The van der Waals surface area contributed by atoms with Crippen LogP contribution < -0.4 is 27.2 Å². The number of nitrogens with zero attached hydrogens (tertiary/aromatic N) is 1. The van der Waals surface area contributed by atoms with Gasteiger partial charge in [-0.05, 0) is 36.4 Å².